The van der Waals surface area contributed by atoms with E-state index in [1.165, 1.54) is 12.1 Å². The number of fused-ring (bicyclic) bond motifs is 1. The molecule has 3 heterocycles. The highest BCUT2D eigenvalue weighted by Crippen LogP contribution is 2.42. The van der Waals surface area contributed by atoms with Crippen LogP contribution in [0.4, 0.5) is 10.1 Å². The Kier molecular flexibility index (Phi) is 6.04. The van der Waals surface area contributed by atoms with Gasteiger partial charge in [0.25, 0.3) is 0 Å². The maximum atomic E-state index is 14.4. The van der Waals surface area contributed by atoms with Crippen molar-refractivity contribution >= 4 is 34.2 Å². The SMILES string of the molecule is Cc1noc(C)c1-c1ccc2c(c1)nc([C@@H]1CCC(=O)N1c1ccc(Cl)c(F)c1)n2C1CCC(O)CC1. The lowest BCUT2D eigenvalue weighted by atomic mass is 9.92. The van der Waals surface area contributed by atoms with Crippen LogP contribution in [0.15, 0.2) is 40.9 Å². The number of aliphatic hydroxyl groups is 1. The third-order valence-electron chi connectivity index (χ3n) is 7.76. The van der Waals surface area contributed by atoms with Gasteiger partial charge in [-0.1, -0.05) is 22.8 Å². The van der Waals surface area contributed by atoms with Crippen molar-refractivity contribution in [2.45, 2.75) is 70.6 Å². The molecule has 9 heteroatoms. The Morgan fingerprint density at radius 3 is 2.57 bits per heavy atom. The number of imidazole rings is 1. The molecular weight excluding hydrogens is 495 g/mol. The number of aliphatic hydroxyl groups excluding tert-OH is 1. The summed E-state index contributed by atoms with van der Waals surface area (Å²) in [5.74, 6) is 0.904. The second-order valence-electron chi connectivity index (χ2n) is 10.1. The van der Waals surface area contributed by atoms with Gasteiger partial charge in [-0.3, -0.25) is 4.79 Å². The van der Waals surface area contributed by atoms with Gasteiger partial charge in [0.15, 0.2) is 0 Å². The minimum absolute atomic E-state index is 0.0202. The second-order valence-corrected chi connectivity index (χ2v) is 10.5. The molecule has 1 atom stereocenters. The van der Waals surface area contributed by atoms with Crippen molar-refractivity contribution in [3.63, 3.8) is 0 Å². The predicted molar refractivity (Wildman–Crippen MR) is 139 cm³/mol. The van der Waals surface area contributed by atoms with E-state index in [1.807, 2.05) is 19.9 Å². The van der Waals surface area contributed by atoms with E-state index in [-0.39, 0.29) is 29.1 Å². The maximum absolute atomic E-state index is 14.4. The van der Waals surface area contributed by atoms with Gasteiger partial charge < -0.3 is 19.1 Å². The zero-order valence-electron chi connectivity index (χ0n) is 20.7. The first kappa shape index (κ1) is 24.1. The predicted octanol–water partition coefficient (Wildman–Crippen LogP) is 6.44. The molecule has 2 aromatic heterocycles. The van der Waals surface area contributed by atoms with Crippen LogP contribution in [0.5, 0.6) is 0 Å². The lowest BCUT2D eigenvalue weighted by molar-refractivity contribution is -0.117. The Hall–Kier alpha value is -3.23. The number of rotatable bonds is 4. The average Bonchev–Trinajstić information content (AvgIpc) is 3.55. The van der Waals surface area contributed by atoms with Crippen LogP contribution in [-0.4, -0.2) is 31.8 Å². The molecule has 1 N–H and O–H groups in total. The van der Waals surface area contributed by atoms with Gasteiger partial charge in [0, 0.05) is 23.7 Å². The third-order valence-corrected chi connectivity index (χ3v) is 8.07. The molecule has 0 spiro atoms. The largest absolute Gasteiger partial charge is 0.393 e. The van der Waals surface area contributed by atoms with E-state index in [0.29, 0.717) is 18.5 Å². The molecule has 2 fully saturated rings. The van der Waals surface area contributed by atoms with Crippen LogP contribution in [0.25, 0.3) is 22.2 Å². The molecule has 1 aliphatic carbocycles. The maximum Gasteiger partial charge on any atom is 0.227 e. The number of benzene rings is 2. The number of halogens is 2. The molecule has 4 aromatic rings. The molecule has 2 aromatic carbocycles. The molecule has 1 amide bonds. The molecule has 7 nitrogen and oxygen atoms in total. The van der Waals surface area contributed by atoms with Crippen molar-refractivity contribution in [3.8, 4) is 11.1 Å². The first-order chi connectivity index (χ1) is 17.8. The highest BCUT2D eigenvalue weighted by Gasteiger charge is 2.38. The van der Waals surface area contributed by atoms with E-state index in [1.54, 1.807) is 11.0 Å². The topological polar surface area (TPSA) is 84.4 Å². The average molecular weight is 523 g/mol. The van der Waals surface area contributed by atoms with Gasteiger partial charge in [0.1, 0.15) is 17.4 Å². The van der Waals surface area contributed by atoms with Crippen LogP contribution in [0, 0.1) is 19.7 Å². The molecule has 0 radical (unpaired) electrons. The number of anilines is 1. The number of nitrogens with zero attached hydrogens (tertiary/aromatic N) is 4. The second kappa shape index (κ2) is 9.26. The Bertz CT molecular complexity index is 1490. The fraction of sp³-hybridized carbons (Fsp3) is 0.393. The van der Waals surface area contributed by atoms with E-state index < -0.39 is 5.82 Å². The standard InChI is InChI=1S/C28H28ClFN4O3/c1-15-27(16(2)37-32-15)17-3-10-24-23(13-17)31-28(34(24)18-4-7-20(35)8-5-18)25-11-12-26(36)33(25)19-6-9-21(29)22(30)14-19/h3,6,9-10,13-14,18,20,25,35H,4-5,7-8,11-12H2,1-2H3/t18?,20?,25-/m0/s1. The van der Waals surface area contributed by atoms with Gasteiger partial charge >= 0.3 is 0 Å². The normalized spacial score (nSPS) is 22.4. The minimum atomic E-state index is -0.559. The first-order valence-electron chi connectivity index (χ1n) is 12.7. The molecule has 0 bridgehead atoms. The molecule has 1 saturated carbocycles. The third kappa shape index (κ3) is 4.12. The highest BCUT2D eigenvalue weighted by atomic mass is 35.5. The Morgan fingerprint density at radius 2 is 1.86 bits per heavy atom. The van der Waals surface area contributed by atoms with Crippen LogP contribution in [0.2, 0.25) is 5.02 Å². The van der Waals surface area contributed by atoms with E-state index in [2.05, 4.69) is 21.9 Å². The summed E-state index contributed by atoms with van der Waals surface area (Å²) in [5, 5.41) is 14.3. The number of carbonyl (C=O) groups is 1. The van der Waals surface area contributed by atoms with Crippen molar-refractivity contribution < 1.29 is 18.8 Å². The van der Waals surface area contributed by atoms with Crippen LogP contribution < -0.4 is 4.90 Å². The van der Waals surface area contributed by atoms with Crippen molar-refractivity contribution in [2.24, 2.45) is 0 Å². The number of amides is 1. The smallest absolute Gasteiger partial charge is 0.227 e. The summed E-state index contributed by atoms with van der Waals surface area (Å²) in [4.78, 5) is 19.8. The Morgan fingerprint density at radius 1 is 1.08 bits per heavy atom. The van der Waals surface area contributed by atoms with Gasteiger partial charge in [-0.25, -0.2) is 9.37 Å². The zero-order valence-corrected chi connectivity index (χ0v) is 21.5. The molecule has 1 aliphatic heterocycles. The fourth-order valence-electron chi connectivity index (χ4n) is 5.99. The molecule has 0 unspecified atom stereocenters. The molecule has 2 aliphatic rings. The summed E-state index contributed by atoms with van der Waals surface area (Å²) in [7, 11) is 0. The van der Waals surface area contributed by atoms with Gasteiger partial charge in [-0.05, 0) is 81.8 Å². The van der Waals surface area contributed by atoms with Crippen molar-refractivity contribution in [1.29, 1.82) is 0 Å². The van der Waals surface area contributed by atoms with Crippen molar-refractivity contribution in [1.82, 2.24) is 14.7 Å². The molecule has 192 valence electrons. The minimum Gasteiger partial charge on any atom is -0.393 e. The van der Waals surface area contributed by atoms with Crippen molar-refractivity contribution in [2.75, 3.05) is 4.90 Å². The van der Waals surface area contributed by atoms with Crippen molar-refractivity contribution in [3.05, 3.63) is 64.5 Å². The van der Waals surface area contributed by atoms with E-state index >= 15 is 0 Å². The van der Waals surface area contributed by atoms with Gasteiger partial charge in [-0.15, -0.1) is 0 Å². The summed E-state index contributed by atoms with van der Waals surface area (Å²) < 4.78 is 22.0. The Labute approximate surface area is 218 Å². The number of hydrogen-bond donors (Lipinski definition) is 1. The molecule has 37 heavy (non-hydrogen) atoms. The molecule has 1 saturated heterocycles. The number of aromatic nitrogens is 3. The quantitative estimate of drug-likeness (QED) is 0.333. The van der Waals surface area contributed by atoms with Gasteiger partial charge in [-0.2, -0.15) is 0 Å². The summed E-state index contributed by atoms with van der Waals surface area (Å²) in [6.45, 7) is 3.81. The van der Waals surface area contributed by atoms with E-state index in [9.17, 15) is 14.3 Å². The molecule has 6 rings (SSSR count). The summed E-state index contributed by atoms with van der Waals surface area (Å²) in [6, 6.07) is 10.5. The number of aryl methyl sites for hydroxylation is 2. The van der Waals surface area contributed by atoms with Crippen LogP contribution in [0.1, 0.15) is 67.9 Å². The highest BCUT2D eigenvalue weighted by molar-refractivity contribution is 6.30. The summed E-state index contributed by atoms with van der Waals surface area (Å²) in [5.41, 5.74) is 5.01. The van der Waals surface area contributed by atoms with Gasteiger partial charge in [0.2, 0.25) is 5.91 Å². The van der Waals surface area contributed by atoms with E-state index in [0.717, 1.165) is 65.1 Å². The van der Waals surface area contributed by atoms with Gasteiger partial charge in [0.05, 0.1) is 33.9 Å². The molecular formula is C28H28ClFN4O3. The fourth-order valence-corrected chi connectivity index (χ4v) is 6.11. The number of carbonyl (C=O) groups excluding carboxylic acids is 1. The first-order valence-corrected chi connectivity index (χ1v) is 13.1. The lowest BCUT2D eigenvalue weighted by Gasteiger charge is -2.31. The van der Waals surface area contributed by atoms with Crippen LogP contribution in [0.3, 0.4) is 0 Å². The zero-order chi connectivity index (χ0) is 25.8. The van der Waals surface area contributed by atoms with E-state index in [4.69, 9.17) is 21.1 Å². The van der Waals surface area contributed by atoms with Crippen LogP contribution >= 0.6 is 11.6 Å². The Balaban J connectivity index is 1.50. The summed E-state index contributed by atoms with van der Waals surface area (Å²) in [6.07, 6.45) is 3.72. The lowest BCUT2D eigenvalue weighted by Crippen LogP contribution is -2.31. The van der Waals surface area contributed by atoms with Crippen LogP contribution in [-0.2, 0) is 4.79 Å². The summed E-state index contributed by atoms with van der Waals surface area (Å²) >= 11 is 5.92. The monoisotopic (exact) mass is 522 g/mol. The number of hydrogen-bond acceptors (Lipinski definition) is 5.